The Labute approximate surface area is 111 Å². The smallest absolute Gasteiger partial charge is 0.308 e. The van der Waals surface area contributed by atoms with Crippen molar-refractivity contribution in [2.45, 2.75) is 40.0 Å². The molecular weight excluding hydrogens is 234 g/mol. The van der Waals surface area contributed by atoms with Gasteiger partial charge in [-0.25, -0.2) is 0 Å². The maximum Gasteiger partial charge on any atom is 0.308 e. The van der Waals surface area contributed by atoms with Crippen molar-refractivity contribution in [2.75, 3.05) is 39.6 Å². The van der Waals surface area contributed by atoms with Crippen LogP contribution in [0.5, 0.6) is 0 Å². The van der Waals surface area contributed by atoms with E-state index in [0.29, 0.717) is 46.0 Å². The Morgan fingerprint density at radius 3 is 2.17 bits per heavy atom. The number of esters is 1. The lowest BCUT2D eigenvalue weighted by atomic mass is 10.4. The molecule has 0 amide bonds. The molecule has 0 aliphatic carbocycles. The van der Waals surface area contributed by atoms with Crippen molar-refractivity contribution in [1.82, 2.24) is 0 Å². The SMILES string of the molecule is CC.CCCCOC(=O)CCOCCOCCN. The standard InChI is InChI=1S/C11H23NO4.C2H6/c1-2-3-6-16-11(13)4-7-14-9-10-15-8-5-12;1-2/h2-10,12H2,1H3;1-2H3. The molecule has 0 aromatic carbocycles. The van der Waals surface area contributed by atoms with Gasteiger partial charge in [0, 0.05) is 6.54 Å². The molecule has 0 aromatic rings. The molecule has 0 spiro atoms. The van der Waals surface area contributed by atoms with E-state index in [1.165, 1.54) is 0 Å². The predicted octanol–water partition coefficient (Wildman–Crippen LogP) is 1.74. The molecule has 0 atom stereocenters. The van der Waals surface area contributed by atoms with E-state index in [-0.39, 0.29) is 5.97 Å². The van der Waals surface area contributed by atoms with Crippen LogP contribution in [0.3, 0.4) is 0 Å². The van der Waals surface area contributed by atoms with Crippen molar-refractivity contribution in [3.8, 4) is 0 Å². The highest BCUT2D eigenvalue weighted by atomic mass is 16.5. The second-order valence-corrected chi connectivity index (χ2v) is 3.34. The molecule has 0 unspecified atom stereocenters. The lowest BCUT2D eigenvalue weighted by Crippen LogP contribution is -2.14. The van der Waals surface area contributed by atoms with Crippen LogP contribution in [0.2, 0.25) is 0 Å². The van der Waals surface area contributed by atoms with Crippen LogP contribution < -0.4 is 5.73 Å². The second-order valence-electron chi connectivity index (χ2n) is 3.34. The van der Waals surface area contributed by atoms with Gasteiger partial charge in [0.2, 0.25) is 0 Å². The van der Waals surface area contributed by atoms with Crippen LogP contribution in [-0.2, 0) is 19.0 Å². The topological polar surface area (TPSA) is 70.8 Å². The predicted molar refractivity (Wildman–Crippen MR) is 72.5 cm³/mol. The Bertz CT molecular complexity index is 165. The van der Waals surface area contributed by atoms with Crippen LogP contribution in [0.25, 0.3) is 0 Å². The molecule has 0 aromatic heterocycles. The number of rotatable bonds is 11. The Balaban J connectivity index is 0. The fourth-order valence-electron chi connectivity index (χ4n) is 0.963. The lowest BCUT2D eigenvalue weighted by Gasteiger charge is -2.05. The van der Waals surface area contributed by atoms with Crippen molar-refractivity contribution >= 4 is 5.97 Å². The molecule has 0 heterocycles. The van der Waals surface area contributed by atoms with Crippen molar-refractivity contribution in [2.24, 2.45) is 5.73 Å². The first-order valence-corrected chi connectivity index (χ1v) is 6.82. The van der Waals surface area contributed by atoms with Gasteiger partial charge in [-0.1, -0.05) is 27.2 Å². The van der Waals surface area contributed by atoms with E-state index < -0.39 is 0 Å². The Morgan fingerprint density at radius 2 is 1.61 bits per heavy atom. The number of hydrogen-bond donors (Lipinski definition) is 1. The highest BCUT2D eigenvalue weighted by molar-refractivity contribution is 5.69. The molecule has 0 aliphatic rings. The average molecular weight is 263 g/mol. The first-order chi connectivity index (χ1) is 8.81. The average Bonchev–Trinajstić information content (AvgIpc) is 2.40. The molecule has 0 saturated carbocycles. The Hall–Kier alpha value is -0.650. The molecule has 5 heteroatoms. The van der Waals surface area contributed by atoms with Gasteiger partial charge in [0.25, 0.3) is 0 Å². The third kappa shape index (κ3) is 17.7. The summed E-state index contributed by atoms with van der Waals surface area (Å²) >= 11 is 0. The number of hydrogen-bond acceptors (Lipinski definition) is 5. The molecule has 0 rings (SSSR count). The van der Waals surface area contributed by atoms with Gasteiger partial charge in [0.15, 0.2) is 0 Å². The minimum atomic E-state index is -0.198. The largest absolute Gasteiger partial charge is 0.466 e. The summed E-state index contributed by atoms with van der Waals surface area (Å²) in [6.45, 7) is 9.01. The van der Waals surface area contributed by atoms with Gasteiger partial charge >= 0.3 is 5.97 Å². The van der Waals surface area contributed by atoms with Gasteiger partial charge in [0.05, 0.1) is 39.5 Å². The highest BCUT2D eigenvalue weighted by Crippen LogP contribution is 1.92. The van der Waals surface area contributed by atoms with E-state index in [2.05, 4.69) is 6.92 Å². The first kappa shape index (κ1) is 19.7. The molecule has 5 nitrogen and oxygen atoms in total. The van der Waals surface area contributed by atoms with Crippen LogP contribution in [0.1, 0.15) is 40.0 Å². The van der Waals surface area contributed by atoms with E-state index >= 15 is 0 Å². The van der Waals surface area contributed by atoms with Gasteiger partial charge in [-0.3, -0.25) is 4.79 Å². The van der Waals surface area contributed by atoms with Crippen LogP contribution in [0, 0.1) is 0 Å². The van der Waals surface area contributed by atoms with Gasteiger partial charge in [-0.2, -0.15) is 0 Å². The van der Waals surface area contributed by atoms with Crippen molar-refractivity contribution in [3.63, 3.8) is 0 Å². The molecule has 0 radical (unpaired) electrons. The number of ether oxygens (including phenoxy) is 3. The maximum atomic E-state index is 11.1. The normalized spacial score (nSPS) is 9.56. The van der Waals surface area contributed by atoms with Crippen LogP contribution in [-0.4, -0.2) is 45.5 Å². The number of nitrogens with two attached hydrogens (primary N) is 1. The van der Waals surface area contributed by atoms with Gasteiger partial charge in [-0.05, 0) is 6.42 Å². The molecule has 0 aliphatic heterocycles. The molecule has 110 valence electrons. The molecule has 0 fully saturated rings. The molecular formula is C13H29NO4. The Kier molecular flexibility index (Phi) is 20.5. The van der Waals surface area contributed by atoms with Crippen molar-refractivity contribution in [3.05, 3.63) is 0 Å². The third-order valence-corrected chi connectivity index (χ3v) is 1.85. The van der Waals surface area contributed by atoms with Gasteiger partial charge < -0.3 is 19.9 Å². The number of carbonyl (C=O) groups is 1. The van der Waals surface area contributed by atoms with Crippen LogP contribution in [0.15, 0.2) is 0 Å². The summed E-state index contributed by atoms with van der Waals surface area (Å²) in [6.07, 6.45) is 2.25. The van der Waals surface area contributed by atoms with Crippen molar-refractivity contribution in [1.29, 1.82) is 0 Å². The zero-order valence-corrected chi connectivity index (χ0v) is 12.1. The zero-order valence-electron chi connectivity index (χ0n) is 12.1. The molecule has 2 N–H and O–H groups in total. The minimum Gasteiger partial charge on any atom is -0.466 e. The zero-order chi connectivity index (χ0) is 14.1. The quantitative estimate of drug-likeness (QED) is 0.454. The summed E-state index contributed by atoms with van der Waals surface area (Å²) < 4.78 is 15.3. The number of carbonyl (C=O) groups excluding carboxylic acids is 1. The van der Waals surface area contributed by atoms with E-state index in [9.17, 15) is 4.79 Å². The molecule has 0 saturated heterocycles. The van der Waals surface area contributed by atoms with E-state index in [1.807, 2.05) is 13.8 Å². The summed E-state index contributed by atoms with van der Waals surface area (Å²) in [6, 6.07) is 0. The second kappa shape index (κ2) is 18.7. The fraction of sp³-hybridized carbons (Fsp3) is 0.923. The van der Waals surface area contributed by atoms with Crippen LogP contribution >= 0.6 is 0 Å². The maximum absolute atomic E-state index is 11.1. The van der Waals surface area contributed by atoms with Gasteiger partial charge in [-0.15, -0.1) is 0 Å². The van der Waals surface area contributed by atoms with Crippen molar-refractivity contribution < 1.29 is 19.0 Å². The van der Waals surface area contributed by atoms with E-state index in [1.54, 1.807) is 0 Å². The Morgan fingerprint density at radius 1 is 1.00 bits per heavy atom. The summed E-state index contributed by atoms with van der Waals surface area (Å²) in [5.41, 5.74) is 5.24. The summed E-state index contributed by atoms with van der Waals surface area (Å²) in [5, 5.41) is 0. The monoisotopic (exact) mass is 263 g/mol. The lowest BCUT2D eigenvalue weighted by molar-refractivity contribution is -0.145. The third-order valence-electron chi connectivity index (χ3n) is 1.85. The molecule has 18 heavy (non-hydrogen) atoms. The summed E-state index contributed by atoms with van der Waals surface area (Å²) in [7, 11) is 0. The summed E-state index contributed by atoms with van der Waals surface area (Å²) in [5.74, 6) is -0.198. The first-order valence-electron chi connectivity index (χ1n) is 6.82. The molecule has 0 bridgehead atoms. The van der Waals surface area contributed by atoms with E-state index in [4.69, 9.17) is 19.9 Å². The fourth-order valence-corrected chi connectivity index (χ4v) is 0.963. The van der Waals surface area contributed by atoms with E-state index in [0.717, 1.165) is 12.8 Å². The van der Waals surface area contributed by atoms with Gasteiger partial charge in [0.1, 0.15) is 0 Å². The number of unbranched alkanes of at least 4 members (excludes halogenated alkanes) is 1. The summed E-state index contributed by atoms with van der Waals surface area (Å²) in [4.78, 5) is 11.1. The van der Waals surface area contributed by atoms with Crippen LogP contribution in [0.4, 0.5) is 0 Å². The highest BCUT2D eigenvalue weighted by Gasteiger charge is 2.01. The minimum absolute atomic E-state index is 0.198.